The summed E-state index contributed by atoms with van der Waals surface area (Å²) in [5.74, 6) is -2.31. The van der Waals surface area contributed by atoms with Crippen molar-refractivity contribution in [3.63, 3.8) is 0 Å². The fourth-order valence-electron chi connectivity index (χ4n) is 3.03. The van der Waals surface area contributed by atoms with Crippen molar-refractivity contribution in [1.29, 1.82) is 0 Å². The standard InChI is InChI=1S/C23H27N5O6S.C2HF3O/c1-34-22(33)17-7-2-3-8-18(17)35-10-9-16(12-20(30)31)27-19(29)13-26-21(32)14-5-4-6-15(11-14)28-23(24)25;3-2(4,5)1-6/h2-8,11,16H,9-10,12-13H2,1H3,(H,26,32)(H,27,29)(H,30,31)(H4,24,25,28);1H. The van der Waals surface area contributed by atoms with E-state index in [0.29, 0.717) is 28.3 Å². The SMILES string of the molecule is COC(=O)c1ccccc1SCCC(CC(=O)O)NC(=O)CNC(=O)c1cccc(N=C(N)N)c1.O=CC(F)(F)F. The number of aliphatic imine (C=N–C) groups is 1. The van der Waals surface area contributed by atoms with Gasteiger partial charge in [-0.3, -0.25) is 19.2 Å². The number of hydrogen-bond donors (Lipinski definition) is 5. The highest BCUT2D eigenvalue weighted by Gasteiger charge is 2.25. The van der Waals surface area contributed by atoms with Crippen LogP contribution in [0.5, 0.6) is 0 Å². The summed E-state index contributed by atoms with van der Waals surface area (Å²) in [5.41, 5.74) is 11.7. The van der Waals surface area contributed by atoms with Gasteiger partial charge in [0.2, 0.25) is 12.2 Å². The Balaban J connectivity index is 0.00000126. The summed E-state index contributed by atoms with van der Waals surface area (Å²) in [7, 11) is 1.29. The fourth-order valence-corrected chi connectivity index (χ4v) is 4.13. The van der Waals surface area contributed by atoms with E-state index in [4.69, 9.17) is 21.0 Å². The van der Waals surface area contributed by atoms with Crippen molar-refractivity contribution in [2.75, 3.05) is 19.4 Å². The zero-order valence-electron chi connectivity index (χ0n) is 21.6. The largest absolute Gasteiger partial charge is 0.481 e. The lowest BCUT2D eigenvalue weighted by atomic mass is 10.1. The number of alkyl halides is 3. The van der Waals surface area contributed by atoms with Crippen molar-refractivity contribution < 1.29 is 47.0 Å². The Morgan fingerprint density at radius 2 is 1.78 bits per heavy atom. The summed E-state index contributed by atoms with van der Waals surface area (Å²) >= 11 is 1.35. The molecule has 12 nitrogen and oxygen atoms in total. The number of carboxylic acid groups (broad SMARTS) is 1. The maximum Gasteiger partial charge on any atom is 0.446 e. The molecule has 0 aliphatic carbocycles. The van der Waals surface area contributed by atoms with E-state index >= 15 is 0 Å². The van der Waals surface area contributed by atoms with E-state index < -0.39 is 42.3 Å². The number of benzene rings is 2. The molecule has 41 heavy (non-hydrogen) atoms. The number of methoxy groups -OCH3 is 1. The minimum Gasteiger partial charge on any atom is -0.481 e. The molecule has 0 radical (unpaired) electrons. The van der Waals surface area contributed by atoms with Crippen molar-refractivity contribution in [2.24, 2.45) is 16.5 Å². The van der Waals surface area contributed by atoms with Crippen LogP contribution in [0.1, 0.15) is 33.6 Å². The first-order valence-electron chi connectivity index (χ1n) is 11.6. The zero-order chi connectivity index (χ0) is 31.0. The van der Waals surface area contributed by atoms with Gasteiger partial charge in [-0.15, -0.1) is 11.8 Å². The van der Waals surface area contributed by atoms with Crippen LogP contribution >= 0.6 is 11.8 Å². The predicted octanol–water partition coefficient (Wildman–Crippen LogP) is 2.00. The minimum atomic E-state index is -4.64. The lowest BCUT2D eigenvalue weighted by Gasteiger charge is -2.17. The number of carbonyl (C=O) groups excluding carboxylic acids is 4. The third kappa shape index (κ3) is 14.4. The molecule has 0 saturated heterocycles. The number of esters is 1. The number of aliphatic carboxylic acids is 1. The van der Waals surface area contributed by atoms with Crippen LogP contribution in [0.2, 0.25) is 0 Å². The molecule has 2 aromatic carbocycles. The van der Waals surface area contributed by atoms with Crippen molar-refractivity contribution >= 4 is 53.4 Å². The first-order chi connectivity index (χ1) is 19.2. The van der Waals surface area contributed by atoms with Gasteiger partial charge in [-0.25, -0.2) is 9.79 Å². The van der Waals surface area contributed by atoms with Crippen LogP contribution in [0.25, 0.3) is 0 Å². The van der Waals surface area contributed by atoms with Crippen molar-refractivity contribution in [3.05, 3.63) is 59.7 Å². The Labute approximate surface area is 236 Å². The molecule has 1 atom stereocenters. The van der Waals surface area contributed by atoms with E-state index in [1.54, 1.807) is 36.4 Å². The molecule has 0 bridgehead atoms. The second-order valence-electron chi connectivity index (χ2n) is 7.92. The van der Waals surface area contributed by atoms with Crippen LogP contribution in [0, 0.1) is 0 Å². The second-order valence-corrected chi connectivity index (χ2v) is 9.05. The Morgan fingerprint density at radius 3 is 2.37 bits per heavy atom. The first kappa shape index (κ1) is 34.4. The normalized spacial score (nSPS) is 11.1. The van der Waals surface area contributed by atoms with Gasteiger partial charge in [-0.1, -0.05) is 18.2 Å². The van der Waals surface area contributed by atoms with Crippen LogP contribution in [0.4, 0.5) is 18.9 Å². The van der Waals surface area contributed by atoms with Gasteiger partial charge in [0, 0.05) is 16.5 Å². The summed E-state index contributed by atoms with van der Waals surface area (Å²) in [4.78, 5) is 61.1. The van der Waals surface area contributed by atoms with E-state index in [1.165, 1.54) is 31.0 Å². The molecular weight excluding hydrogens is 571 g/mol. The molecule has 0 saturated carbocycles. The first-order valence-corrected chi connectivity index (χ1v) is 12.6. The Kier molecular flexibility index (Phi) is 14.4. The zero-order valence-corrected chi connectivity index (χ0v) is 22.5. The van der Waals surface area contributed by atoms with Crippen molar-refractivity contribution in [1.82, 2.24) is 10.6 Å². The van der Waals surface area contributed by atoms with E-state index in [1.807, 2.05) is 0 Å². The van der Waals surface area contributed by atoms with Gasteiger partial charge < -0.3 is 31.9 Å². The number of aldehydes is 1. The molecule has 0 aromatic heterocycles. The molecule has 0 heterocycles. The third-order valence-corrected chi connectivity index (χ3v) is 5.82. The maximum absolute atomic E-state index is 12.4. The Hall–Kier alpha value is -4.60. The number of nitrogens with one attached hydrogen (secondary N) is 2. The van der Waals surface area contributed by atoms with E-state index in [9.17, 15) is 37.5 Å². The summed E-state index contributed by atoms with van der Waals surface area (Å²) in [6, 6.07) is 12.4. The lowest BCUT2D eigenvalue weighted by Crippen LogP contribution is -2.43. The number of nitrogens with two attached hydrogens (primary N) is 2. The molecule has 2 amide bonds. The molecule has 0 fully saturated rings. The minimum absolute atomic E-state index is 0.154. The van der Waals surface area contributed by atoms with Crippen molar-refractivity contribution in [2.45, 2.75) is 30.0 Å². The number of carboxylic acids is 1. The summed E-state index contributed by atoms with van der Waals surface area (Å²) in [6.07, 6.45) is -5.67. The van der Waals surface area contributed by atoms with E-state index in [-0.39, 0.29) is 24.5 Å². The monoisotopic (exact) mass is 599 g/mol. The van der Waals surface area contributed by atoms with Crippen LogP contribution in [-0.4, -0.2) is 72.7 Å². The van der Waals surface area contributed by atoms with Gasteiger partial charge in [0.1, 0.15) is 0 Å². The average Bonchev–Trinajstić information content (AvgIpc) is 2.91. The number of amides is 2. The molecule has 2 rings (SSSR count). The molecule has 0 aliphatic rings. The van der Waals surface area contributed by atoms with Crippen LogP contribution in [-0.2, 0) is 19.1 Å². The topological polar surface area (TPSA) is 203 Å². The van der Waals surface area contributed by atoms with Crippen LogP contribution in [0.3, 0.4) is 0 Å². The van der Waals surface area contributed by atoms with Crippen molar-refractivity contribution in [3.8, 4) is 0 Å². The summed E-state index contributed by atoms with van der Waals surface area (Å²) in [5, 5.41) is 14.3. The van der Waals surface area contributed by atoms with Gasteiger partial charge in [0.15, 0.2) is 5.96 Å². The highest BCUT2D eigenvalue weighted by molar-refractivity contribution is 7.99. The highest BCUT2D eigenvalue weighted by atomic mass is 32.2. The fraction of sp³-hybridized carbons (Fsp3) is 0.280. The number of nitrogens with zero attached hydrogens (tertiary/aromatic N) is 1. The molecule has 7 N–H and O–H groups in total. The van der Waals surface area contributed by atoms with E-state index in [0.717, 1.165) is 0 Å². The molecule has 222 valence electrons. The maximum atomic E-state index is 12.4. The average molecular weight is 600 g/mol. The summed E-state index contributed by atoms with van der Waals surface area (Å²) in [6.45, 7) is -0.347. The smallest absolute Gasteiger partial charge is 0.446 e. The number of rotatable bonds is 12. The van der Waals surface area contributed by atoms with Crippen LogP contribution < -0.4 is 22.1 Å². The second kappa shape index (κ2) is 17.2. The van der Waals surface area contributed by atoms with Gasteiger partial charge in [-0.05, 0) is 42.5 Å². The Morgan fingerprint density at radius 1 is 1.12 bits per heavy atom. The molecular formula is C25H28F3N5O7S. The molecule has 0 spiro atoms. The molecule has 0 aliphatic heterocycles. The number of ether oxygens (including phenoxy) is 1. The van der Waals surface area contributed by atoms with Gasteiger partial charge in [0.05, 0.1) is 31.3 Å². The molecule has 16 heteroatoms. The number of guanidine groups is 1. The quantitative estimate of drug-likeness (QED) is 0.0789. The van der Waals surface area contributed by atoms with Gasteiger partial charge >= 0.3 is 18.1 Å². The number of hydrogen-bond acceptors (Lipinski definition) is 8. The van der Waals surface area contributed by atoms with Gasteiger partial charge in [0.25, 0.3) is 5.91 Å². The van der Waals surface area contributed by atoms with Gasteiger partial charge in [-0.2, -0.15) is 13.2 Å². The third-order valence-electron chi connectivity index (χ3n) is 4.71. The number of carbonyl (C=O) groups is 5. The van der Waals surface area contributed by atoms with Crippen LogP contribution in [0.15, 0.2) is 58.4 Å². The lowest BCUT2D eigenvalue weighted by molar-refractivity contribution is -0.156. The Bertz CT molecular complexity index is 1250. The highest BCUT2D eigenvalue weighted by Crippen LogP contribution is 2.24. The van der Waals surface area contributed by atoms with E-state index in [2.05, 4.69) is 15.6 Å². The summed E-state index contributed by atoms with van der Waals surface area (Å²) < 4.78 is 36.0. The predicted molar refractivity (Wildman–Crippen MR) is 144 cm³/mol. The number of thioether (sulfide) groups is 1. The number of halogens is 3. The molecule has 1 unspecified atom stereocenters. The molecule has 2 aromatic rings.